The van der Waals surface area contributed by atoms with Crippen LogP contribution in [0.25, 0.3) is 0 Å². The first-order valence-electron chi connectivity index (χ1n) is 5.69. The van der Waals surface area contributed by atoms with Crippen LogP contribution < -0.4 is 5.32 Å². The van der Waals surface area contributed by atoms with Gasteiger partial charge in [-0.25, -0.2) is 4.79 Å². The lowest BCUT2D eigenvalue weighted by Crippen LogP contribution is -2.20. The molecule has 0 radical (unpaired) electrons. The zero-order chi connectivity index (χ0) is 13.5. The summed E-state index contributed by atoms with van der Waals surface area (Å²) < 4.78 is 4.75. The molecular weight excluding hydrogens is 230 g/mol. The van der Waals surface area contributed by atoms with Crippen molar-refractivity contribution in [3.63, 3.8) is 0 Å². The van der Waals surface area contributed by atoms with Gasteiger partial charge in [-0.1, -0.05) is 18.2 Å². The Balaban J connectivity index is 2.54. The lowest BCUT2D eigenvalue weighted by Gasteiger charge is -2.09. The molecule has 1 aromatic rings. The molecule has 1 amide bonds. The number of anilines is 1. The van der Waals surface area contributed by atoms with Gasteiger partial charge in [-0.2, -0.15) is 0 Å². The smallest absolute Gasteiger partial charge is 0.330 e. The van der Waals surface area contributed by atoms with Gasteiger partial charge in [0.25, 0.3) is 5.91 Å². The molecule has 1 rings (SSSR count). The largest absolute Gasteiger partial charge is 0.452 e. The molecule has 18 heavy (non-hydrogen) atoms. The summed E-state index contributed by atoms with van der Waals surface area (Å²) >= 11 is 0. The average molecular weight is 247 g/mol. The molecule has 0 fully saturated rings. The highest BCUT2D eigenvalue weighted by atomic mass is 16.5. The highest BCUT2D eigenvalue weighted by Crippen LogP contribution is 2.16. The van der Waals surface area contributed by atoms with E-state index in [1.807, 2.05) is 32.0 Å². The minimum Gasteiger partial charge on any atom is -0.452 e. The third-order valence-electron chi connectivity index (χ3n) is 2.32. The van der Waals surface area contributed by atoms with E-state index < -0.39 is 5.97 Å². The maximum atomic E-state index is 11.6. The number of hydrogen-bond acceptors (Lipinski definition) is 3. The van der Waals surface area contributed by atoms with Gasteiger partial charge >= 0.3 is 5.97 Å². The van der Waals surface area contributed by atoms with Crippen LogP contribution in [0.4, 0.5) is 5.69 Å². The van der Waals surface area contributed by atoms with E-state index in [-0.39, 0.29) is 12.5 Å². The number of benzene rings is 1. The zero-order valence-electron chi connectivity index (χ0n) is 10.8. The molecule has 4 heteroatoms. The summed E-state index contributed by atoms with van der Waals surface area (Å²) in [7, 11) is 0. The Bertz CT molecular complexity index is 478. The van der Waals surface area contributed by atoms with Gasteiger partial charge in [0, 0.05) is 11.8 Å². The second-order valence-electron chi connectivity index (χ2n) is 3.97. The van der Waals surface area contributed by atoms with E-state index >= 15 is 0 Å². The van der Waals surface area contributed by atoms with E-state index in [2.05, 4.69) is 5.32 Å². The number of esters is 1. The Morgan fingerprint density at radius 1 is 1.33 bits per heavy atom. The third kappa shape index (κ3) is 4.41. The average Bonchev–Trinajstić information content (AvgIpc) is 2.32. The summed E-state index contributed by atoms with van der Waals surface area (Å²) in [6.07, 6.45) is 2.83. The molecule has 0 aliphatic rings. The van der Waals surface area contributed by atoms with Gasteiger partial charge in [-0.05, 0) is 38.0 Å². The van der Waals surface area contributed by atoms with Gasteiger partial charge in [-0.15, -0.1) is 0 Å². The topological polar surface area (TPSA) is 55.4 Å². The number of allylic oxidation sites excluding steroid dienone is 1. The summed E-state index contributed by atoms with van der Waals surface area (Å²) in [5, 5.41) is 2.71. The predicted octanol–water partition coefficient (Wildman–Crippen LogP) is 2.36. The normalized spacial score (nSPS) is 10.4. The molecule has 0 heterocycles. The Hall–Kier alpha value is -2.10. The number of rotatable bonds is 4. The summed E-state index contributed by atoms with van der Waals surface area (Å²) in [5.74, 6) is -0.866. The fourth-order valence-electron chi connectivity index (χ4n) is 1.38. The second-order valence-corrected chi connectivity index (χ2v) is 3.97. The number of nitrogens with one attached hydrogen (secondary N) is 1. The second kappa shape index (κ2) is 6.59. The van der Waals surface area contributed by atoms with Crippen LogP contribution in [-0.4, -0.2) is 18.5 Å². The van der Waals surface area contributed by atoms with Gasteiger partial charge in [0.15, 0.2) is 6.61 Å². The number of aryl methyl sites for hydroxylation is 2. The van der Waals surface area contributed by atoms with Crippen LogP contribution in [0.3, 0.4) is 0 Å². The number of hydrogen-bond donors (Lipinski definition) is 1. The van der Waals surface area contributed by atoms with Crippen molar-refractivity contribution in [1.82, 2.24) is 0 Å². The third-order valence-corrected chi connectivity index (χ3v) is 2.32. The van der Waals surface area contributed by atoms with Crippen LogP contribution in [0.15, 0.2) is 30.4 Å². The maximum Gasteiger partial charge on any atom is 0.330 e. The molecule has 1 N–H and O–H groups in total. The van der Waals surface area contributed by atoms with Gasteiger partial charge in [0.05, 0.1) is 0 Å². The van der Waals surface area contributed by atoms with E-state index in [0.29, 0.717) is 0 Å². The molecule has 1 aromatic carbocycles. The van der Waals surface area contributed by atoms with Crippen LogP contribution in [0.1, 0.15) is 18.1 Å². The first kappa shape index (κ1) is 14.0. The van der Waals surface area contributed by atoms with Gasteiger partial charge in [0.1, 0.15) is 0 Å². The molecular formula is C14H17NO3. The molecule has 0 saturated carbocycles. The van der Waals surface area contributed by atoms with Crippen molar-refractivity contribution >= 4 is 17.6 Å². The Labute approximate surface area is 107 Å². The molecule has 0 bridgehead atoms. The monoisotopic (exact) mass is 247 g/mol. The summed E-state index contributed by atoms with van der Waals surface area (Å²) in [4.78, 5) is 22.6. The van der Waals surface area contributed by atoms with Gasteiger partial charge < -0.3 is 10.1 Å². The van der Waals surface area contributed by atoms with Crippen LogP contribution in [0.5, 0.6) is 0 Å². The molecule has 96 valence electrons. The van der Waals surface area contributed by atoms with Crippen LogP contribution in [0, 0.1) is 13.8 Å². The van der Waals surface area contributed by atoms with E-state index in [1.165, 1.54) is 6.08 Å². The maximum absolute atomic E-state index is 11.6. The Morgan fingerprint density at radius 2 is 2.06 bits per heavy atom. The quantitative estimate of drug-likeness (QED) is 0.656. The van der Waals surface area contributed by atoms with E-state index in [1.54, 1.807) is 13.0 Å². The van der Waals surface area contributed by atoms with Crippen LogP contribution in [-0.2, 0) is 14.3 Å². The first-order valence-corrected chi connectivity index (χ1v) is 5.69. The van der Waals surface area contributed by atoms with Crippen molar-refractivity contribution in [3.05, 3.63) is 41.5 Å². The number of carbonyl (C=O) groups is 2. The molecule has 0 aliphatic carbocycles. The lowest BCUT2D eigenvalue weighted by molar-refractivity contribution is -0.142. The standard InChI is InChI=1S/C14H17NO3/c1-4-5-14(17)18-9-13(16)15-12-8-10(2)6-7-11(12)3/h4-8H,9H2,1-3H3,(H,15,16). The van der Waals surface area contributed by atoms with Crippen molar-refractivity contribution in [2.75, 3.05) is 11.9 Å². The first-order chi connectivity index (χ1) is 8.52. The summed E-state index contributed by atoms with van der Waals surface area (Å²) in [5.41, 5.74) is 2.76. The highest BCUT2D eigenvalue weighted by Gasteiger charge is 2.07. The lowest BCUT2D eigenvalue weighted by atomic mass is 10.1. The molecule has 0 atom stereocenters. The molecule has 4 nitrogen and oxygen atoms in total. The fourth-order valence-corrected chi connectivity index (χ4v) is 1.38. The van der Waals surface area contributed by atoms with Gasteiger partial charge in [-0.3, -0.25) is 4.79 Å². The van der Waals surface area contributed by atoms with E-state index in [4.69, 9.17) is 4.74 Å². The van der Waals surface area contributed by atoms with E-state index in [0.717, 1.165) is 16.8 Å². The van der Waals surface area contributed by atoms with Gasteiger partial charge in [0.2, 0.25) is 0 Å². The number of carbonyl (C=O) groups excluding carboxylic acids is 2. The summed E-state index contributed by atoms with van der Waals surface area (Å²) in [6.45, 7) is 5.27. The molecule has 0 aromatic heterocycles. The fraction of sp³-hybridized carbons (Fsp3) is 0.286. The minimum absolute atomic E-state index is 0.281. The zero-order valence-corrected chi connectivity index (χ0v) is 10.8. The van der Waals surface area contributed by atoms with Crippen molar-refractivity contribution in [3.8, 4) is 0 Å². The SMILES string of the molecule is CC=CC(=O)OCC(=O)Nc1cc(C)ccc1C. The molecule has 0 spiro atoms. The van der Waals surface area contributed by atoms with E-state index in [9.17, 15) is 9.59 Å². The predicted molar refractivity (Wildman–Crippen MR) is 70.3 cm³/mol. The molecule has 0 aliphatic heterocycles. The Morgan fingerprint density at radius 3 is 2.72 bits per heavy atom. The van der Waals surface area contributed by atoms with Crippen LogP contribution in [0.2, 0.25) is 0 Å². The minimum atomic E-state index is -0.520. The molecule has 0 unspecified atom stereocenters. The number of ether oxygens (including phenoxy) is 1. The van der Waals surface area contributed by atoms with Crippen LogP contribution >= 0.6 is 0 Å². The highest BCUT2D eigenvalue weighted by molar-refractivity contribution is 5.94. The Kier molecular flexibility index (Phi) is 5.11. The molecule has 0 saturated heterocycles. The van der Waals surface area contributed by atoms with Crippen molar-refractivity contribution < 1.29 is 14.3 Å². The van der Waals surface area contributed by atoms with Crippen molar-refractivity contribution in [2.24, 2.45) is 0 Å². The van der Waals surface area contributed by atoms with Crippen molar-refractivity contribution in [1.29, 1.82) is 0 Å². The van der Waals surface area contributed by atoms with Crippen molar-refractivity contribution in [2.45, 2.75) is 20.8 Å². The number of amides is 1. The summed E-state index contributed by atoms with van der Waals surface area (Å²) in [6, 6.07) is 5.77.